The van der Waals surface area contributed by atoms with Gasteiger partial charge < -0.3 is 9.84 Å². The first-order valence-corrected chi connectivity index (χ1v) is 8.98. The van der Waals surface area contributed by atoms with Crippen LogP contribution in [0.5, 0.6) is 0 Å². The number of carboxylic acids is 1. The normalized spacial score (nSPS) is 10.6. The molecule has 2 aromatic heterocycles. The van der Waals surface area contributed by atoms with Gasteiger partial charge in [-0.15, -0.1) is 0 Å². The molecule has 3 rings (SSSR count). The van der Waals surface area contributed by atoms with Gasteiger partial charge in [-0.05, 0) is 39.5 Å². The molecule has 1 aromatic carbocycles. The van der Waals surface area contributed by atoms with E-state index in [1.165, 1.54) is 0 Å². The summed E-state index contributed by atoms with van der Waals surface area (Å²) < 4.78 is 5.75. The van der Waals surface area contributed by atoms with Crippen LogP contribution in [0.15, 0.2) is 47.2 Å². The van der Waals surface area contributed by atoms with E-state index in [-0.39, 0.29) is 18.0 Å². The number of nitrogens with zero attached hydrogens (tertiary/aromatic N) is 2. The molecule has 0 atom stereocenters. The van der Waals surface area contributed by atoms with Gasteiger partial charge in [-0.1, -0.05) is 37.3 Å². The first-order valence-electron chi connectivity index (χ1n) is 8.18. The van der Waals surface area contributed by atoms with Crippen LogP contribution in [0, 0.1) is 0 Å². The van der Waals surface area contributed by atoms with Crippen molar-refractivity contribution in [2.75, 3.05) is 5.32 Å². The first kappa shape index (κ1) is 18.8. The SMILES string of the molecule is CCc1c(NC(=O)OCc2ccccc2)c(C(=O)O)nc2cc(Br)ncc12. The molecule has 0 saturated heterocycles. The third-order valence-electron chi connectivity index (χ3n) is 3.94. The molecule has 0 unspecified atom stereocenters. The molecule has 0 fully saturated rings. The number of carbonyl (C=O) groups is 2. The minimum atomic E-state index is -1.24. The maximum Gasteiger partial charge on any atom is 0.412 e. The van der Waals surface area contributed by atoms with Gasteiger partial charge in [0.15, 0.2) is 5.69 Å². The number of anilines is 1. The summed E-state index contributed by atoms with van der Waals surface area (Å²) in [6, 6.07) is 10.8. The fourth-order valence-corrected chi connectivity index (χ4v) is 3.04. The zero-order chi connectivity index (χ0) is 19.4. The van der Waals surface area contributed by atoms with E-state index in [1.54, 1.807) is 12.3 Å². The number of amides is 1. The van der Waals surface area contributed by atoms with Crippen LogP contribution < -0.4 is 5.32 Å². The first-order chi connectivity index (χ1) is 13.0. The number of pyridine rings is 2. The summed E-state index contributed by atoms with van der Waals surface area (Å²) in [7, 11) is 0. The molecule has 7 nitrogen and oxygen atoms in total. The molecule has 0 aliphatic rings. The van der Waals surface area contributed by atoms with E-state index < -0.39 is 12.1 Å². The second-order valence-electron chi connectivity index (χ2n) is 5.68. The lowest BCUT2D eigenvalue weighted by atomic mass is 10.0. The molecular weight excluding hydrogens is 414 g/mol. The number of aromatic nitrogens is 2. The Kier molecular flexibility index (Phi) is 5.66. The maximum atomic E-state index is 12.2. The molecule has 0 aliphatic heterocycles. The summed E-state index contributed by atoms with van der Waals surface area (Å²) in [5, 5.41) is 12.8. The fraction of sp³-hybridized carbons (Fsp3) is 0.158. The monoisotopic (exact) mass is 429 g/mol. The van der Waals surface area contributed by atoms with Gasteiger partial charge in [-0.2, -0.15) is 0 Å². The van der Waals surface area contributed by atoms with Crippen molar-refractivity contribution in [3.05, 3.63) is 64.0 Å². The van der Waals surface area contributed by atoms with Gasteiger partial charge >= 0.3 is 12.1 Å². The minimum Gasteiger partial charge on any atom is -0.476 e. The predicted molar refractivity (Wildman–Crippen MR) is 104 cm³/mol. The molecule has 0 spiro atoms. The lowest BCUT2D eigenvalue weighted by Crippen LogP contribution is -2.19. The van der Waals surface area contributed by atoms with E-state index in [2.05, 4.69) is 31.2 Å². The summed E-state index contributed by atoms with van der Waals surface area (Å²) in [5.41, 5.74) is 1.82. The zero-order valence-corrected chi connectivity index (χ0v) is 16.0. The Bertz CT molecular complexity index is 1010. The van der Waals surface area contributed by atoms with Gasteiger partial charge in [-0.3, -0.25) is 5.32 Å². The average Bonchev–Trinajstić information content (AvgIpc) is 2.66. The molecule has 27 heavy (non-hydrogen) atoms. The van der Waals surface area contributed by atoms with Crippen LogP contribution >= 0.6 is 15.9 Å². The molecule has 0 radical (unpaired) electrons. The Morgan fingerprint density at radius 1 is 1.26 bits per heavy atom. The number of fused-ring (bicyclic) bond motifs is 1. The minimum absolute atomic E-state index is 0.0754. The molecule has 3 aromatic rings. The smallest absolute Gasteiger partial charge is 0.412 e. The summed E-state index contributed by atoms with van der Waals surface area (Å²) in [6.45, 7) is 1.94. The van der Waals surface area contributed by atoms with Crippen molar-refractivity contribution in [3.8, 4) is 0 Å². The van der Waals surface area contributed by atoms with Crippen LogP contribution in [-0.4, -0.2) is 27.1 Å². The van der Waals surface area contributed by atoms with Crippen molar-refractivity contribution in [2.24, 2.45) is 0 Å². The Hall–Kier alpha value is -3.00. The van der Waals surface area contributed by atoms with Crippen LogP contribution in [0.2, 0.25) is 0 Å². The van der Waals surface area contributed by atoms with Crippen LogP contribution in [0.4, 0.5) is 10.5 Å². The van der Waals surface area contributed by atoms with E-state index in [9.17, 15) is 14.7 Å². The number of nitrogens with one attached hydrogen (secondary N) is 1. The molecule has 0 bridgehead atoms. The van der Waals surface area contributed by atoms with Gasteiger partial charge in [0.05, 0.1) is 11.2 Å². The molecule has 0 aliphatic carbocycles. The van der Waals surface area contributed by atoms with Crippen molar-refractivity contribution in [1.29, 1.82) is 0 Å². The number of aryl methyl sites for hydroxylation is 1. The number of aromatic carboxylic acids is 1. The lowest BCUT2D eigenvalue weighted by Gasteiger charge is -2.15. The highest BCUT2D eigenvalue weighted by Crippen LogP contribution is 2.29. The van der Waals surface area contributed by atoms with Crippen LogP contribution in [0.3, 0.4) is 0 Å². The topological polar surface area (TPSA) is 101 Å². The largest absolute Gasteiger partial charge is 0.476 e. The average molecular weight is 430 g/mol. The van der Waals surface area contributed by atoms with Crippen LogP contribution in [0.1, 0.15) is 28.5 Å². The summed E-state index contributed by atoms with van der Waals surface area (Å²) >= 11 is 3.25. The number of hydrogen-bond acceptors (Lipinski definition) is 5. The summed E-state index contributed by atoms with van der Waals surface area (Å²) in [6.07, 6.45) is 1.33. The van der Waals surface area contributed by atoms with Crippen molar-refractivity contribution < 1.29 is 19.4 Å². The van der Waals surface area contributed by atoms with E-state index in [4.69, 9.17) is 4.74 Å². The molecular formula is C19H16BrN3O4. The third kappa shape index (κ3) is 4.22. The molecule has 1 amide bonds. The Morgan fingerprint density at radius 3 is 2.67 bits per heavy atom. The van der Waals surface area contributed by atoms with Crippen LogP contribution in [-0.2, 0) is 17.8 Å². The fourth-order valence-electron chi connectivity index (χ4n) is 2.72. The van der Waals surface area contributed by atoms with Crippen molar-refractivity contribution >= 4 is 44.6 Å². The number of halogens is 1. The molecule has 2 N–H and O–H groups in total. The highest BCUT2D eigenvalue weighted by atomic mass is 79.9. The highest BCUT2D eigenvalue weighted by molar-refractivity contribution is 9.10. The predicted octanol–water partition coefficient (Wildman–Crippen LogP) is 4.40. The zero-order valence-electron chi connectivity index (χ0n) is 14.4. The molecule has 0 saturated carbocycles. The van der Waals surface area contributed by atoms with Crippen molar-refractivity contribution in [3.63, 3.8) is 0 Å². The number of hydrogen-bond donors (Lipinski definition) is 2. The second kappa shape index (κ2) is 8.13. The van der Waals surface area contributed by atoms with Crippen molar-refractivity contribution in [2.45, 2.75) is 20.0 Å². The standard InChI is InChI=1S/C19H16BrN3O4/c1-2-12-13-9-21-15(20)8-14(13)22-17(18(24)25)16(12)23-19(26)27-10-11-6-4-3-5-7-11/h3-9H,2,10H2,1H3,(H,23,26)(H,24,25). The van der Waals surface area contributed by atoms with Gasteiger partial charge in [0.2, 0.25) is 0 Å². The van der Waals surface area contributed by atoms with E-state index in [0.29, 0.717) is 27.5 Å². The van der Waals surface area contributed by atoms with Gasteiger partial charge in [0, 0.05) is 11.6 Å². The lowest BCUT2D eigenvalue weighted by molar-refractivity contribution is 0.0692. The van der Waals surface area contributed by atoms with E-state index in [0.717, 1.165) is 5.56 Å². The second-order valence-corrected chi connectivity index (χ2v) is 6.50. The van der Waals surface area contributed by atoms with Crippen molar-refractivity contribution in [1.82, 2.24) is 9.97 Å². The number of ether oxygens (including phenoxy) is 1. The Balaban J connectivity index is 1.94. The number of benzene rings is 1. The van der Waals surface area contributed by atoms with E-state index in [1.807, 2.05) is 37.3 Å². The maximum absolute atomic E-state index is 12.2. The number of carbonyl (C=O) groups excluding carboxylic acids is 1. The quantitative estimate of drug-likeness (QED) is 0.582. The number of rotatable bonds is 5. The summed E-state index contributed by atoms with van der Waals surface area (Å²) in [4.78, 5) is 32.3. The van der Waals surface area contributed by atoms with Gasteiger partial charge in [0.1, 0.15) is 11.2 Å². The Labute approximate surface area is 163 Å². The Morgan fingerprint density at radius 2 is 2.00 bits per heavy atom. The van der Waals surface area contributed by atoms with Gasteiger partial charge in [0.25, 0.3) is 0 Å². The van der Waals surface area contributed by atoms with Gasteiger partial charge in [-0.25, -0.2) is 19.6 Å². The third-order valence-corrected chi connectivity index (χ3v) is 4.37. The van der Waals surface area contributed by atoms with E-state index >= 15 is 0 Å². The number of carboxylic acid groups (broad SMARTS) is 1. The summed E-state index contributed by atoms with van der Waals surface area (Å²) in [5.74, 6) is -1.24. The van der Waals surface area contributed by atoms with Crippen LogP contribution in [0.25, 0.3) is 10.9 Å². The molecule has 138 valence electrons. The molecule has 8 heteroatoms. The highest BCUT2D eigenvalue weighted by Gasteiger charge is 2.21. The molecule has 2 heterocycles.